The highest BCUT2D eigenvalue weighted by atomic mass is 16.3. The summed E-state index contributed by atoms with van der Waals surface area (Å²) in [4.78, 5) is 24.1. The van der Waals surface area contributed by atoms with Crippen LogP contribution in [0.1, 0.15) is 42.5 Å². The Labute approximate surface area is 163 Å². The Morgan fingerprint density at radius 3 is 2.56 bits per heavy atom. The molecule has 1 aromatic heterocycles. The van der Waals surface area contributed by atoms with Crippen LogP contribution in [0.4, 0.5) is 5.82 Å². The molecule has 2 aliphatic rings. The molecule has 1 N–H and O–H groups in total. The van der Waals surface area contributed by atoms with Crippen LogP contribution in [0.15, 0.2) is 18.3 Å². The first-order chi connectivity index (χ1) is 13.0. The van der Waals surface area contributed by atoms with E-state index < -0.39 is 0 Å². The number of amides is 1. The first kappa shape index (κ1) is 20.1. The van der Waals surface area contributed by atoms with E-state index in [1.54, 1.807) is 6.20 Å². The molecule has 2 unspecified atom stereocenters. The average Bonchev–Trinajstić information content (AvgIpc) is 3.09. The lowest BCUT2D eigenvalue weighted by Crippen LogP contribution is -2.37. The summed E-state index contributed by atoms with van der Waals surface area (Å²) in [5.74, 6) is 1.30. The van der Waals surface area contributed by atoms with Gasteiger partial charge in [0.25, 0.3) is 5.91 Å². The Morgan fingerprint density at radius 2 is 1.89 bits per heavy atom. The zero-order valence-corrected chi connectivity index (χ0v) is 17.0. The maximum atomic E-state index is 13.3. The van der Waals surface area contributed by atoms with Crippen LogP contribution in [-0.4, -0.2) is 79.2 Å². The Bertz CT molecular complexity index is 630. The van der Waals surface area contributed by atoms with Gasteiger partial charge in [-0.1, -0.05) is 19.3 Å². The summed E-state index contributed by atoms with van der Waals surface area (Å²) in [5.41, 5.74) is 0.688. The van der Waals surface area contributed by atoms with Gasteiger partial charge in [0.2, 0.25) is 0 Å². The number of hydrogen-bond acceptors (Lipinski definition) is 5. The summed E-state index contributed by atoms with van der Waals surface area (Å²) in [6, 6.07) is 4.21. The third kappa shape index (κ3) is 4.61. The lowest BCUT2D eigenvalue weighted by molar-refractivity contribution is 0.0779. The van der Waals surface area contributed by atoms with E-state index in [1.165, 1.54) is 32.1 Å². The molecule has 1 aromatic rings. The minimum Gasteiger partial charge on any atom is -0.396 e. The van der Waals surface area contributed by atoms with Crippen molar-refractivity contribution in [1.82, 2.24) is 14.8 Å². The fraction of sp³-hybridized carbons (Fsp3) is 0.714. The predicted octanol–water partition coefficient (Wildman–Crippen LogP) is 2.09. The Kier molecular flexibility index (Phi) is 6.71. The van der Waals surface area contributed by atoms with E-state index in [0.29, 0.717) is 30.6 Å². The van der Waals surface area contributed by atoms with Gasteiger partial charge in [0.05, 0.1) is 5.56 Å². The fourth-order valence-corrected chi connectivity index (χ4v) is 4.64. The first-order valence-corrected chi connectivity index (χ1v) is 10.2. The zero-order valence-electron chi connectivity index (χ0n) is 17.0. The summed E-state index contributed by atoms with van der Waals surface area (Å²) < 4.78 is 0. The van der Waals surface area contributed by atoms with E-state index in [2.05, 4.69) is 21.8 Å². The van der Waals surface area contributed by atoms with Crippen LogP contribution in [0.3, 0.4) is 0 Å². The zero-order chi connectivity index (χ0) is 19.4. The highest BCUT2D eigenvalue weighted by Gasteiger charge is 2.36. The van der Waals surface area contributed by atoms with Crippen molar-refractivity contribution in [1.29, 1.82) is 0 Å². The molecule has 1 saturated carbocycles. The lowest BCUT2D eigenvalue weighted by Gasteiger charge is -2.33. The van der Waals surface area contributed by atoms with Gasteiger partial charge in [-0.25, -0.2) is 4.98 Å². The minimum absolute atomic E-state index is 0.0421. The summed E-state index contributed by atoms with van der Waals surface area (Å²) in [6.45, 7) is 2.33. The molecule has 0 bridgehead atoms. The summed E-state index contributed by atoms with van der Waals surface area (Å²) in [5, 5.41) is 9.76. The van der Waals surface area contributed by atoms with Crippen molar-refractivity contribution in [3.05, 3.63) is 23.9 Å². The number of hydrogen-bond donors (Lipinski definition) is 1. The van der Waals surface area contributed by atoms with Crippen molar-refractivity contribution >= 4 is 11.7 Å². The van der Waals surface area contributed by atoms with E-state index in [9.17, 15) is 9.90 Å². The molecule has 1 amide bonds. The van der Waals surface area contributed by atoms with Gasteiger partial charge in [0, 0.05) is 51.4 Å². The van der Waals surface area contributed by atoms with Crippen molar-refractivity contribution in [2.24, 2.45) is 11.8 Å². The molecule has 3 rings (SSSR count). The number of carbonyl (C=O) groups is 1. The Hall–Kier alpha value is -1.66. The maximum Gasteiger partial charge on any atom is 0.257 e. The molecule has 1 aliphatic heterocycles. The smallest absolute Gasteiger partial charge is 0.257 e. The van der Waals surface area contributed by atoms with Gasteiger partial charge < -0.3 is 19.8 Å². The van der Waals surface area contributed by atoms with Crippen LogP contribution in [0.2, 0.25) is 0 Å². The fourth-order valence-electron chi connectivity index (χ4n) is 4.64. The number of aliphatic hydroxyl groups excluding tert-OH is 1. The number of pyridine rings is 1. The minimum atomic E-state index is 0.0421. The van der Waals surface area contributed by atoms with Gasteiger partial charge in [-0.2, -0.15) is 0 Å². The van der Waals surface area contributed by atoms with Crippen LogP contribution in [0.25, 0.3) is 0 Å². The van der Waals surface area contributed by atoms with Gasteiger partial charge >= 0.3 is 0 Å². The molecule has 6 heteroatoms. The lowest BCUT2D eigenvalue weighted by atomic mass is 9.94. The molecule has 2 heterocycles. The van der Waals surface area contributed by atoms with Gasteiger partial charge in [-0.05, 0) is 45.0 Å². The molecule has 2 atom stereocenters. The first-order valence-electron chi connectivity index (χ1n) is 10.2. The molecule has 150 valence electrons. The largest absolute Gasteiger partial charge is 0.396 e. The van der Waals surface area contributed by atoms with E-state index in [0.717, 1.165) is 12.4 Å². The third-order valence-electron chi connectivity index (χ3n) is 6.17. The van der Waals surface area contributed by atoms with Crippen LogP contribution < -0.4 is 4.90 Å². The number of aromatic nitrogens is 1. The van der Waals surface area contributed by atoms with Gasteiger partial charge in [-0.15, -0.1) is 0 Å². The van der Waals surface area contributed by atoms with Crippen molar-refractivity contribution in [2.45, 2.75) is 38.1 Å². The van der Waals surface area contributed by atoms with Gasteiger partial charge in [0.1, 0.15) is 5.82 Å². The predicted molar refractivity (Wildman–Crippen MR) is 108 cm³/mol. The molecule has 1 saturated heterocycles. The molecular weight excluding hydrogens is 340 g/mol. The highest BCUT2D eigenvalue weighted by Crippen LogP contribution is 2.30. The van der Waals surface area contributed by atoms with Gasteiger partial charge in [0.15, 0.2) is 0 Å². The molecule has 27 heavy (non-hydrogen) atoms. The van der Waals surface area contributed by atoms with E-state index in [4.69, 9.17) is 0 Å². The average molecular weight is 375 g/mol. The summed E-state index contributed by atoms with van der Waals surface area (Å²) in [6.07, 6.45) is 7.93. The number of likely N-dealkylation sites (tertiary alicyclic amines) is 1. The summed E-state index contributed by atoms with van der Waals surface area (Å²) >= 11 is 0. The third-order valence-corrected chi connectivity index (χ3v) is 6.17. The number of anilines is 1. The quantitative estimate of drug-likeness (QED) is 0.826. The molecule has 0 radical (unpaired) electrons. The number of nitrogens with zero attached hydrogens (tertiary/aromatic N) is 4. The molecule has 6 nitrogen and oxygen atoms in total. The highest BCUT2D eigenvalue weighted by molar-refractivity contribution is 5.99. The molecule has 0 aromatic carbocycles. The second-order valence-corrected chi connectivity index (χ2v) is 8.45. The van der Waals surface area contributed by atoms with Crippen LogP contribution >= 0.6 is 0 Å². The standard InChI is InChI=1S/C21H34N4O2/c1-23(2)12-16-13-25(14-17(16)15-26)21(27)19-10-7-11-22-20(19)24(3)18-8-5-4-6-9-18/h7,10-11,16-18,26H,4-6,8-9,12-15H2,1-3H3. The summed E-state index contributed by atoms with van der Waals surface area (Å²) in [7, 11) is 6.15. The molecule has 1 aliphatic carbocycles. The van der Waals surface area contributed by atoms with Crippen LogP contribution in [-0.2, 0) is 0 Å². The van der Waals surface area contributed by atoms with E-state index >= 15 is 0 Å². The SMILES string of the molecule is CN(C)CC1CN(C(=O)c2cccnc2N(C)C2CCCCC2)CC1CO. The Morgan fingerprint density at radius 1 is 1.19 bits per heavy atom. The van der Waals surface area contributed by atoms with Crippen molar-refractivity contribution in [3.63, 3.8) is 0 Å². The molecular formula is C21H34N4O2. The van der Waals surface area contributed by atoms with Crippen LogP contribution in [0.5, 0.6) is 0 Å². The maximum absolute atomic E-state index is 13.3. The number of aliphatic hydroxyl groups is 1. The second-order valence-electron chi connectivity index (χ2n) is 8.45. The molecule has 0 spiro atoms. The van der Waals surface area contributed by atoms with E-state index in [-0.39, 0.29) is 18.4 Å². The number of rotatable bonds is 6. The Balaban J connectivity index is 1.77. The van der Waals surface area contributed by atoms with Crippen LogP contribution in [0, 0.1) is 11.8 Å². The van der Waals surface area contributed by atoms with Crippen molar-refractivity contribution in [2.75, 3.05) is 52.3 Å². The van der Waals surface area contributed by atoms with Gasteiger partial charge in [-0.3, -0.25) is 4.79 Å². The monoisotopic (exact) mass is 374 g/mol. The second kappa shape index (κ2) is 9.02. The molecule has 2 fully saturated rings. The van der Waals surface area contributed by atoms with Crippen molar-refractivity contribution in [3.8, 4) is 0 Å². The van der Waals surface area contributed by atoms with Crippen molar-refractivity contribution < 1.29 is 9.90 Å². The topological polar surface area (TPSA) is 59.9 Å². The van der Waals surface area contributed by atoms with E-state index in [1.807, 2.05) is 31.1 Å². The number of carbonyl (C=O) groups excluding carboxylic acids is 1. The normalized spacial score (nSPS) is 23.8.